The van der Waals surface area contributed by atoms with Crippen molar-refractivity contribution in [1.29, 1.82) is 0 Å². The summed E-state index contributed by atoms with van der Waals surface area (Å²) in [4.78, 5) is 0. The van der Waals surface area contributed by atoms with Crippen molar-refractivity contribution < 1.29 is 14.6 Å². The summed E-state index contributed by atoms with van der Waals surface area (Å²) < 4.78 is 10.6. The maximum absolute atomic E-state index is 10.1. The Bertz CT molecular complexity index is 332. The zero-order valence-electron chi connectivity index (χ0n) is 17.2. The second kappa shape index (κ2) is 10.1. The predicted molar refractivity (Wildman–Crippen MR) is 102 cm³/mol. The average molecular weight is 344 g/mol. The van der Waals surface area contributed by atoms with Crippen LogP contribution in [-0.2, 0) is 4.74 Å². The van der Waals surface area contributed by atoms with Gasteiger partial charge in [0.05, 0.1) is 6.10 Å². The van der Waals surface area contributed by atoms with Gasteiger partial charge in [-0.05, 0) is 42.9 Å². The highest BCUT2D eigenvalue weighted by molar-refractivity contribution is 4.84. The summed E-state index contributed by atoms with van der Waals surface area (Å²) in [5.41, 5.74) is -0.216. The first kappa shape index (κ1) is 21.9. The number of hydrogen-bond donors (Lipinski definition) is 1. The monoisotopic (exact) mass is 343 g/mol. The van der Waals surface area contributed by atoms with Gasteiger partial charge in [-0.25, -0.2) is 0 Å². The molecule has 1 saturated carbocycles. The SMILES string of the molecule is CC(C)CCC(C(C)C)C1CCCCC1OCC(O)[OH+]C(C)(C)C. The first-order valence-electron chi connectivity index (χ1n) is 10.1. The van der Waals surface area contributed by atoms with Gasteiger partial charge in [-0.15, -0.1) is 0 Å². The standard InChI is InChI=1S/C21H42O3/c1-15(2)12-13-17(16(3)4)18-10-8-9-11-19(18)23-14-20(22)24-21(5,6)7/h15-20,22H,8-14H2,1-7H3/p+1. The van der Waals surface area contributed by atoms with E-state index in [1.54, 1.807) is 0 Å². The highest BCUT2D eigenvalue weighted by Gasteiger charge is 2.35. The zero-order chi connectivity index (χ0) is 18.3. The highest BCUT2D eigenvalue weighted by atomic mass is 16.6. The molecule has 1 aliphatic carbocycles. The Morgan fingerprint density at radius 1 is 1.04 bits per heavy atom. The Labute approximate surface area is 150 Å². The lowest BCUT2D eigenvalue weighted by molar-refractivity contribution is -0.300. The van der Waals surface area contributed by atoms with Crippen LogP contribution < -0.4 is 0 Å². The van der Waals surface area contributed by atoms with Crippen molar-refractivity contribution in [2.24, 2.45) is 23.7 Å². The summed E-state index contributed by atoms with van der Waals surface area (Å²) in [5.74, 6) is 2.83. The maximum atomic E-state index is 10.1. The number of aliphatic hydroxyl groups is 3. The summed E-state index contributed by atoms with van der Waals surface area (Å²) in [6, 6.07) is 0. The molecule has 4 unspecified atom stereocenters. The van der Waals surface area contributed by atoms with Gasteiger partial charge in [0.25, 0.3) is 6.29 Å². The number of rotatable bonds is 9. The van der Waals surface area contributed by atoms with Crippen molar-refractivity contribution in [3.05, 3.63) is 0 Å². The van der Waals surface area contributed by atoms with E-state index in [2.05, 4.69) is 32.4 Å². The van der Waals surface area contributed by atoms with E-state index in [-0.39, 0.29) is 5.60 Å². The van der Waals surface area contributed by atoms with Crippen LogP contribution in [0, 0.1) is 23.7 Å². The fourth-order valence-corrected chi connectivity index (χ4v) is 4.08. The third-order valence-corrected chi connectivity index (χ3v) is 5.23. The van der Waals surface area contributed by atoms with Gasteiger partial charge in [0, 0.05) is 20.8 Å². The molecule has 4 atom stereocenters. The molecule has 3 heteroatoms. The average Bonchev–Trinajstić information content (AvgIpc) is 2.44. The number of ether oxygens (including phenoxy) is 2. The summed E-state index contributed by atoms with van der Waals surface area (Å²) in [5, 5.41) is 10.1. The van der Waals surface area contributed by atoms with Crippen LogP contribution in [0.5, 0.6) is 0 Å². The van der Waals surface area contributed by atoms with Crippen LogP contribution in [0.4, 0.5) is 0 Å². The molecule has 0 aliphatic heterocycles. The van der Waals surface area contributed by atoms with Crippen molar-refractivity contribution in [3.63, 3.8) is 0 Å². The van der Waals surface area contributed by atoms with Gasteiger partial charge >= 0.3 is 0 Å². The number of aliphatic hydroxyl groups excluding tert-OH is 1. The van der Waals surface area contributed by atoms with Crippen molar-refractivity contribution in [1.82, 2.24) is 0 Å². The predicted octanol–water partition coefficient (Wildman–Crippen LogP) is 4.92. The smallest absolute Gasteiger partial charge is 0.286 e. The van der Waals surface area contributed by atoms with Gasteiger partial charge in [-0.3, -0.25) is 0 Å². The molecule has 1 rings (SSSR count). The first-order valence-corrected chi connectivity index (χ1v) is 10.1. The molecule has 0 spiro atoms. The molecule has 1 aliphatic rings. The molecule has 3 nitrogen and oxygen atoms in total. The van der Waals surface area contributed by atoms with Crippen LogP contribution in [0.3, 0.4) is 0 Å². The van der Waals surface area contributed by atoms with Crippen molar-refractivity contribution in [2.45, 2.75) is 105 Å². The van der Waals surface area contributed by atoms with E-state index < -0.39 is 6.29 Å². The molecular weight excluding hydrogens is 300 g/mol. The Hall–Kier alpha value is -0.120. The summed E-state index contributed by atoms with van der Waals surface area (Å²) in [6.07, 6.45) is 7.18. The van der Waals surface area contributed by atoms with Crippen LogP contribution in [-0.4, -0.2) is 34.4 Å². The Balaban J connectivity index is 2.61. The molecule has 2 N–H and O–H groups in total. The van der Waals surface area contributed by atoms with Crippen LogP contribution >= 0.6 is 0 Å². The Kier molecular flexibility index (Phi) is 9.25. The lowest BCUT2D eigenvalue weighted by atomic mass is 9.71. The summed E-state index contributed by atoms with van der Waals surface area (Å²) in [7, 11) is 0. The fourth-order valence-electron chi connectivity index (χ4n) is 4.08. The number of hydrogen-bond acceptors (Lipinski definition) is 2. The molecule has 0 radical (unpaired) electrons. The third-order valence-electron chi connectivity index (χ3n) is 5.23. The van der Waals surface area contributed by atoms with Crippen molar-refractivity contribution in [3.8, 4) is 0 Å². The quantitative estimate of drug-likeness (QED) is 0.477. The molecular formula is C21H43O3+. The minimum atomic E-state index is -0.708. The van der Waals surface area contributed by atoms with E-state index in [4.69, 9.17) is 4.74 Å². The summed E-state index contributed by atoms with van der Waals surface area (Å²) in [6.45, 7) is 15.7. The second-order valence-electron chi connectivity index (χ2n) is 9.48. The van der Waals surface area contributed by atoms with Crippen LogP contribution in [0.25, 0.3) is 0 Å². The van der Waals surface area contributed by atoms with Crippen molar-refractivity contribution in [2.75, 3.05) is 6.61 Å². The molecule has 0 heterocycles. The fraction of sp³-hybridized carbons (Fsp3) is 1.00. The molecule has 1 fully saturated rings. The topological polar surface area (TPSA) is 42.3 Å². The highest BCUT2D eigenvalue weighted by Crippen LogP contribution is 2.39. The molecule has 24 heavy (non-hydrogen) atoms. The molecule has 0 aromatic rings. The Morgan fingerprint density at radius 2 is 1.67 bits per heavy atom. The zero-order valence-corrected chi connectivity index (χ0v) is 17.2. The molecule has 144 valence electrons. The molecule has 0 amide bonds. The van der Waals surface area contributed by atoms with Gasteiger partial charge in [-0.2, -0.15) is 0 Å². The Morgan fingerprint density at radius 3 is 2.21 bits per heavy atom. The van der Waals surface area contributed by atoms with Crippen LogP contribution in [0.1, 0.15) is 87.0 Å². The second-order valence-corrected chi connectivity index (χ2v) is 9.48. The van der Waals surface area contributed by atoms with Crippen molar-refractivity contribution >= 4 is 0 Å². The molecule has 0 bridgehead atoms. The minimum Gasteiger partial charge on any atom is -0.404 e. The van der Waals surface area contributed by atoms with Crippen LogP contribution in [0.2, 0.25) is 0 Å². The van der Waals surface area contributed by atoms with Gasteiger partial charge in [-0.1, -0.05) is 47.0 Å². The van der Waals surface area contributed by atoms with E-state index in [1.165, 1.54) is 32.1 Å². The van der Waals surface area contributed by atoms with E-state index in [0.717, 1.165) is 18.3 Å². The molecule has 0 aromatic heterocycles. The normalized spacial score (nSPS) is 25.2. The lowest BCUT2D eigenvalue weighted by Crippen LogP contribution is -2.40. The van der Waals surface area contributed by atoms with E-state index >= 15 is 0 Å². The molecule has 0 aromatic carbocycles. The minimum absolute atomic E-state index is 0.216. The van der Waals surface area contributed by atoms with Gasteiger partial charge in [0.2, 0.25) is 0 Å². The lowest BCUT2D eigenvalue weighted by Gasteiger charge is -2.39. The van der Waals surface area contributed by atoms with Crippen LogP contribution in [0.15, 0.2) is 0 Å². The summed E-state index contributed by atoms with van der Waals surface area (Å²) >= 11 is 0. The van der Waals surface area contributed by atoms with Gasteiger partial charge < -0.3 is 14.6 Å². The van der Waals surface area contributed by atoms with E-state index in [1.807, 2.05) is 20.8 Å². The molecule has 0 saturated heterocycles. The first-order chi connectivity index (χ1) is 11.1. The third kappa shape index (κ3) is 8.31. The van der Waals surface area contributed by atoms with Gasteiger partial charge in [0.1, 0.15) is 6.61 Å². The van der Waals surface area contributed by atoms with E-state index in [0.29, 0.717) is 24.5 Å². The van der Waals surface area contributed by atoms with E-state index in [9.17, 15) is 5.11 Å². The maximum Gasteiger partial charge on any atom is 0.286 e. The van der Waals surface area contributed by atoms with Gasteiger partial charge in [0.15, 0.2) is 5.60 Å². The largest absolute Gasteiger partial charge is 0.404 e.